The fraction of sp³-hybridized carbons (Fsp3) is 0.0714. The van der Waals surface area contributed by atoms with E-state index in [0.717, 1.165) is 15.7 Å². The first-order valence-corrected chi connectivity index (χ1v) is 7.89. The Balaban J connectivity index is 1.95. The molecule has 1 aromatic heterocycles. The largest absolute Gasteiger partial charge is 0.351 e. The van der Waals surface area contributed by atoms with Crippen LogP contribution in [0.2, 0.25) is 0 Å². The topological polar surface area (TPSA) is 24.1 Å². The van der Waals surface area contributed by atoms with Gasteiger partial charge >= 0.3 is 0 Å². The van der Waals surface area contributed by atoms with E-state index in [0.29, 0.717) is 5.11 Å². The maximum absolute atomic E-state index is 5.29. The van der Waals surface area contributed by atoms with E-state index in [4.69, 9.17) is 12.2 Å². The normalized spacial score (nSPS) is 18.5. The maximum Gasteiger partial charge on any atom is 0.171 e. The van der Waals surface area contributed by atoms with Gasteiger partial charge in [-0.15, -0.1) is 11.3 Å². The highest BCUT2D eigenvalue weighted by atomic mass is 79.9. The summed E-state index contributed by atoms with van der Waals surface area (Å²) in [4.78, 5) is 1.26. The Labute approximate surface area is 129 Å². The SMILES string of the molecule is S=C1NC(c2ccc(Br)cc2)=C[C@H](c2cccs2)N1. The molecule has 0 saturated carbocycles. The zero-order valence-electron chi connectivity index (χ0n) is 9.89. The number of rotatable bonds is 2. The first-order chi connectivity index (χ1) is 9.22. The van der Waals surface area contributed by atoms with Gasteiger partial charge in [-0.3, -0.25) is 0 Å². The Morgan fingerprint density at radius 2 is 1.95 bits per heavy atom. The number of hydrogen-bond acceptors (Lipinski definition) is 2. The average Bonchev–Trinajstić information content (AvgIpc) is 2.93. The Morgan fingerprint density at radius 3 is 2.63 bits per heavy atom. The minimum Gasteiger partial charge on any atom is -0.351 e. The molecule has 2 nitrogen and oxygen atoms in total. The van der Waals surface area contributed by atoms with Gasteiger partial charge in [0.25, 0.3) is 0 Å². The van der Waals surface area contributed by atoms with Gasteiger partial charge in [-0.25, -0.2) is 0 Å². The summed E-state index contributed by atoms with van der Waals surface area (Å²) in [5.74, 6) is 0. The standard InChI is InChI=1S/C14H11BrN2S2/c15-10-5-3-9(4-6-10)11-8-12(17-14(18)16-11)13-2-1-7-19-13/h1-8,12H,(H2,16,17,18)/t12-/m1/s1. The van der Waals surface area contributed by atoms with Gasteiger partial charge in [-0.05, 0) is 47.4 Å². The molecule has 2 aromatic rings. The molecule has 0 amide bonds. The lowest BCUT2D eigenvalue weighted by Crippen LogP contribution is -2.40. The second kappa shape index (κ2) is 5.45. The molecule has 96 valence electrons. The van der Waals surface area contributed by atoms with E-state index >= 15 is 0 Å². The molecule has 0 bridgehead atoms. The summed E-state index contributed by atoms with van der Waals surface area (Å²) >= 11 is 10.5. The highest BCUT2D eigenvalue weighted by Gasteiger charge is 2.18. The van der Waals surface area contributed by atoms with Crippen molar-refractivity contribution in [1.82, 2.24) is 10.6 Å². The van der Waals surface area contributed by atoms with E-state index in [9.17, 15) is 0 Å². The molecule has 0 spiro atoms. The number of thiocarbonyl (C=S) groups is 1. The summed E-state index contributed by atoms with van der Waals surface area (Å²) in [5, 5.41) is 9.23. The second-order valence-corrected chi connectivity index (χ2v) is 6.48. The van der Waals surface area contributed by atoms with Crippen LogP contribution in [-0.4, -0.2) is 5.11 Å². The van der Waals surface area contributed by atoms with Crippen LogP contribution in [0, 0.1) is 0 Å². The highest BCUT2D eigenvalue weighted by molar-refractivity contribution is 9.10. The van der Waals surface area contributed by atoms with Crippen LogP contribution < -0.4 is 10.6 Å². The van der Waals surface area contributed by atoms with Crippen molar-refractivity contribution in [2.45, 2.75) is 6.04 Å². The number of nitrogens with one attached hydrogen (secondary N) is 2. The van der Waals surface area contributed by atoms with Crippen molar-refractivity contribution in [2.24, 2.45) is 0 Å². The van der Waals surface area contributed by atoms with Gasteiger partial charge in [0.15, 0.2) is 5.11 Å². The van der Waals surface area contributed by atoms with E-state index in [1.807, 2.05) is 12.1 Å². The molecule has 0 fully saturated rings. The third kappa shape index (κ3) is 2.88. The van der Waals surface area contributed by atoms with Gasteiger partial charge in [-0.1, -0.05) is 34.1 Å². The van der Waals surface area contributed by atoms with Crippen LogP contribution in [0.3, 0.4) is 0 Å². The Kier molecular flexibility index (Phi) is 3.68. The van der Waals surface area contributed by atoms with Gasteiger partial charge in [0.05, 0.1) is 6.04 Å². The highest BCUT2D eigenvalue weighted by Crippen LogP contribution is 2.26. The lowest BCUT2D eigenvalue weighted by Gasteiger charge is -2.25. The van der Waals surface area contributed by atoms with Crippen LogP contribution in [0.1, 0.15) is 16.5 Å². The molecule has 2 N–H and O–H groups in total. The molecular formula is C14H11BrN2S2. The minimum atomic E-state index is 0.146. The van der Waals surface area contributed by atoms with Crippen molar-refractivity contribution in [3.8, 4) is 0 Å². The molecule has 0 aliphatic carbocycles. The summed E-state index contributed by atoms with van der Waals surface area (Å²) in [7, 11) is 0. The van der Waals surface area contributed by atoms with Gasteiger partial charge in [-0.2, -0.15) is 0 Å². The van der Waals surface area contributed by atoms with Crippen molar-refractivity contribution in [3.05, 3.63) is 62.8 Å². The third-order valence-electron chi connectivity index (χ3n) is 2.87. The molecule has 0 radical (unpaired) electrons. The van der Waals surface area contributed by atoms with Crippen LogP contribution in [-0.2, 0) is 0 Å². The first kappa shape index (κ1) is 12.8. The fourth-order valence-electron chi connectivity index (χ4n) is 1.97. The van der Waals surface area contributed by atoms with Gasteiger partial charge < -0.3 is 10.6 Å². The quantitative estimate of drug-likeness (QED) is 0.798. The molecule has 0 saturated heterocycles. The van der Waals surface area contributed by atoms with Gasteiger partial charge in [0, 0.05) is 15.0 Å². The van der Waals surface area contributed by atoms with Crippen LogP contribution >= 0.6 is 39.5 Å². The molecule has 1 aliphatic rings. The van der Waals surface area contributed by atoms with Crippen LogP contribution in [0.5, 0.6) is 0 Å². The van der Waals surface area contributed by atoms with Crippen LogP contribution in [0.4, 0.5) is 0 Å². The summed E-state index contributed by atoms with van der Waals surface area (Å²) < 4.78 is 1.07. The average molecular weight is 351 g/mol. The van der Waals surface area contributed by atoms with E-state index in [1.54, 1.807) is 11.3 Å². The number of thiophene rings is 1. The summed E-state index contributed by atoms with van der Waals surface area (Å²) in [6.45, 7) is 0. The van der Waals surface area contributed by atoms with Crippen LogP contribution in [0.25, 0.3) is 5.70 Å². The zero-order valence-corrected chi connectivity index (χ0v) is 13.1. The first-order valence-electron chi connectivity index (χ1n) is 5.81. The van der Waals surface area contributed by atoms with Gasteiger partial charge in [0.1, 0.15) is 0 Å². The predicted octanol–water partition coefficient (Wildman–Crippen LogP) is 4.07. The minimum absolute atomic E-state index is 0.146. The van der Waals surface area contributed by atoms with E-state index in [1.165, 1.54) is 4.88 Å². The van der Waals surface area contributed by atoms with E-state index < -0.39 is 0 Å². The predicted molar refractivity (Wildman–Crippen MR) is 88.0 cm³/mol. The van der Waals surface area contributed by atoms with E-state index in [2.05, 4.69) is 62.3 Å². The van der Waals surface area contributed by atoms with Gasteiger partial charge in [0.2, 0.25) is 0 Å². The Bertz CT molecular complexity index is 617. The molecule has 1 aromatic carbocycles. The molecule has 3 rings (SSSR count). The number of benzene rings is 1. The summed E-state index contributed by atoms with van der Waals surface area (Å²) in [6, 6.07) is 12.5. The smallest absolute Gasteiger partial charge is 0.171 e. The van der Waals surface area contributed by atoms with Crippen molar-refractivity contribution in [3.63, 3.8) is 0 Å². The monoisotopic (exact) mass is 350 g/mol. The summed E-state index contributed by atoms with van der Waals surface area (Å²) in [6.07, 6.45) is 2.17. The number of hydrogen-bond donors (Lipinski definition) is 2. The molecular weight excluding hydrogens is 340 g/mol. The molecule has 2 heterocycles. The van der Waals surface area contributed by atoms with E-state index in [-0.39, 0.29) is 6.04 Å². The van der Waals surface area contributed by atoms with Crippen LogP contribution in [0.15, 0.2) is 52.3 Å². The van der Waals surface area contributed by atoms with Crippen molar-refractivity contribution < 1.29 is 0 Å². The lowest BCUT2D eigenvalue weighted by atomic mass is 10.1. The lowest BCUT2D eigenvalue weighted by molar-refractivity contribution is 0.780. The summed E-state index contributed by atoms with van der Waals surface area (Å²) in [5.41, 5.74) is 2.18. The molecule has 19 heavy (non-hydrogen) atoms. The Morgan fingerprint density at radius 1 is 1.16 bits per heavy atom. The Hall–Kier alpha value is -1.17. The number of halogens is 1. The van der Waals surface area contributed by atoms with Crippen molar-refractivity contribution in [1.29, 1.82) is 0 Å². The molecule has 1 aliphatic heterocycles. The molecule has 0 unspecified atom stereocenters. The second-order valence-electron chi connectivity index (χ2n) is 4.18. The molecule has 1 atom stereocenters. The molecule has 5 heteroatoms. The third-order valence-corrected chi connectivity index (χ3v) is 4.58. The zero-order chi connectivity index (χ0) is 13.2. The van der Waals surface area contributed by atoms with Crippen molar-refractivity contribution >= 4 is 50.3 Å². The maximum atomic E-state index is 5.29. The van der Waals surface area contributed by atoms with Crippen molar-refractivity contribution in [2.75, 3.05) is 0 Å². The fourth-order valence-corrected chi connectivity index (χ4v) is 3.22.